The van der Waals surface area contributed by atoms with Gasteiger partial charge >= 0.3 is 0 Å². The van der Waals surface area contributed by atoms with Crippen LogP contribution < -0.4 is 0 Å². The van der Waals surface area contributed by atoms with Crippen LogP contribution in [-0.4, -0.2) is 21.8 Å². The third-order valence-electron chi connectivity index (χ3n) is 4.35. The normalized spacial score (nSPS) is 10.8. The minimum Gasteiger partial charge on any atom is -0.419 e. The Hall–Kier alpha value is -3.86. The van der Waals surface area contributed by atoms with Gasteiger partial charge in [-0.1, -0.05) is 78.9 Å². The van der Waals surface area contributed by atoms with E-state index in [2.05, 4.69) is 10.2 Å². The Bertz CT molecular complexity index is 1040. The van der Waals surface area contributed by atoms with Crippen LogP contribution in [-0.2, 0) is 0 Å². The van der Waals surface area contributed by atoms with Crippen LogP contribution in [0.2, 0.25) is 0 Å². The van der Waals surface area contributed by atoms with Gasteiger partial charge < -0.3 is 4.42 Å². The van der Waals surface area contributed by atoms with Crippen LogP contribution in [0.4, 0.5) is 0 Å². The number of carbonyl (C=O) groups is 2. The zero-order chi connectivity index (χ0) is 19.3. The molecule has 0 N–H and O–H groups in total. The van der Waals surface area contributed by atoms with Crippen molar-refractivity contribution in [2.75, 3.05) is 0 Å². The number of Topliss-reactive ketones (excluding diaryl/α,β-unsaturated/α-hetero) is 2. The molecule has 0 bridgehead atoms. The van der Waals surface area contributed by atoms with Crippen molar-refractivity contribution >= 4 is 11.6 Å². The van der Waals surface area contributed by atoms with Crippen molar-refractivity contribution in [2.24, 2.45) is 0 Å². The first-order valence-electron chi connectivity index (χ1n) is 8.81. The predicted molar refractivity (Wildman–Crippen MR) is 104 cm³/mol. The van der Waals surface area contributed by atoms with Crippen molar-refractivity contribution in [3.63, 3.8) is 0 Å². The molecule has 0 fully saturated rings. The zero-order valence-electron chi connectivity index (χ0n) is 14.9. The summed E-state index contributed by atoms with van der Waals surface area (Å²) < 4.78 is 5.75. The molecule has 1 aromatic heterocycles. The third kappa shape index (κ3) is 3.50. The highest BCUT2D eigenvalue weighted by Crippen LogP contribution is 2.27. The van der Waals surface area contributed by atoms with Crippen molar-refractivity contribution in [3.05, 3.63) is 108 Å². The molecule has 4 aromatic rings. The first-order chi connectivity index (χ1) is 13.7. The van der Waals surface area contributed by atoms with Crippen LogP contribution in [0.25, 0.3) is 11.5 Å². The molecule has 0 saturated heterocycles. The van der Waals surface area contributed by atoms with Crippen LogP contribution >= 0.6 is 0 Å². The van der Waals surface area contributed by atoms with Gasteiger partial charge in [0.25, 0.3) is 0 Å². The predicted octanol–water partition coefficient (Wildman–Crippen LogP) is 4.59. The van der Waals surface area contributed by atoms with Gasteiger partial charge in [-0.05, 0) is 12.1 Å². The Labute approximate surface area is 161 Å². The van der Waals surface area contributed by atoms with Crippen molar-refractivity contribution in [1.29, 1.82) is 0 Å². The van der Waals surface area contributed by atoms with Crippen molar-refractivity contribution in [3.8, 4) is 11.5 Å². The van der Waals surface area contributed by atoms with E-state index in [1.54, 1.807) is 48.5 Å². The van der Waals surface area contributed by atoms with E-state index in [1.165, 1.54) is 0 Å². The summed E-state index contributed by atoms with van der Waals surface area (Å²) in [6.07, 6.45) is 0. The molecule has 0 spiro atoms. The average molecular weight is 368 g/mol. The molecule has 5 heteroatoms. The van der Waals surface area contributed by atoms with E-state index in [0.29, 0.717) is 11.1 Å². The summed E-state index contributed by atoms with van der Waals surface area (Å²) in [6, 6.07) is 26.5. The molecule has 0 atom stereocenters. The third-order valence-corrected chi connectivity index (χ3v) is 4.35. The highest BCUT2D eigenvalue weighted by Gasteiger charge is 2.35. The average Bonchev–Trinajstić information content (AvgIpc) is 3.25. The SMILES string of the molecule is O=C(c1ccccc1)C(C(=O)c1ccccc1)c1nnc(-c2ccccc2)o1. The number of hydrogen-bond donors (Lipinski definition) is 0. The van der Waals surface area contributed by atoms with Gasteiger partial charge in [-0.2, -0.15) is 0 Å². The Balaban J connectivity index is 1.76. The highest BCUT2D eigenvalue weighted by atomic mass is 16.4. The number of nitrogens with zero attached hydrogens (tertiary/aromatic N) is 2. The minimum atomic E-state index is -1.20. The molecule has 0 amide bonds. The van der Waals surface area contributed by atoms with Crippen LogP contribution in [0.15, 0.2) is 95.4 Å². The Morgan fingerprint density at radius 1 is 0.643 bits per heavy atom. The molecule has 1 heterocycles. The minimum absolute atomic E-state index is 0.0124. The Morgan fingerprint density at radius 2 is 1.11 bits per heavy atom. The molecule has 0 aliphatic carbocycles. The number of aromatic nitrogens is 2. The largest absolute Gasteiger partial charge is 0.419 e. The summed E-state index contributed by atoms with van der Waals surface area (Å²) in [7, 11) is 0. The number of carbonyl (C=O) groups excluding carboxylic acids is 2. The van der Waals surface area contributed by atoms with Crippen LogP contribution in [0.3, 0.4) is 0 Å². The first kappa shape index (κ1) is 17.5. The molecule has 0 aliphatic rings. The fourth-order valence-electron chi connectivity index (χ4n) is 2.93. The molecular weight excluding hydrogens is 352 g/mol. The maximum atomic E-state index is 13.2. The zero-order valence-corrected chi connectivity index (χ0v) is 14.9. The molecule has 136 valence electrons. The van der Waals surface area contributed by atoms with Gasteiger partial charge in [-0.25, -0.2) is 0 Å². The molecule has 0 saturated carbocycles. The lowest BCUT2D eigenvalue weighted by molar-refractivity contribution is 0.0844. The maximum absolute atomic E-state index is 13.2. The first-order valence-corrected chi connectivity index (χ1v) is 8.81. The summed E-state index contributed by atoms with van der Waals surface area (Å²) in [4.78, 5) is 26.3. The molecule has 5 nitrogen and oxygen atoms in total. The summed E-state index contributed by atoms with van der Waals surface area (Å²) in [5.74, 6) is -1.70. The van der Waals surface area contributed by atoms with Gasteiger partial charge in [-0.15, -0.1) is 10.2 Å². The van der Waals surface area contributed by atoms with E-state index in [0.717, 1.165) is 5.56 Å². The second kappa shape index (κ2) is 7.80. The van der Waals surface area contributed by atoms with Gasteiger partial charge in [0.1, 0.15) is 0 Å². The summed E-state index contributed by atoms with van der Waals surface area (Å²) in [6.45, 7) is 0. The monoisotopic (exact) mass is 368 g/mol. The van der Waals surface area contributed by atoms with Crippen LogP contribution in [0, 0.1) is 0 Å². The number of rotatable bonds is 6. The lowest BCUT2D eigenvalue weighted by Gasteiger charge is -2.11. The van der Waals surface area contributed by atoms with Crippen LogP contribution in [0.1, 0.15) is 32.5 Å². The quantitative estimate of drug-likeness (QED) is 0.368. The number of hydrogen-bond acceptors (Lipinski definition) is 5. The second-order valence-electron chi connectivity index (χ2n) is 6.21. The summed E-state index contributed by atoms with van der Waals surface area (Å²) >= 11 is 0. The molecule has 0 radical (unpaired) electrons. The lowest BCUT2D eigenvalue weighted by Crippen LogP contribution is -2.23. The molecule has 28 heavy (non-hydrogen) atoms. The Kier molecular flexibility index (Phi) is 4.89. The van der Waals surface area contributed by atoms with Gasteiger partial charge in [0.05, 0.1) is 0 Å². The summed E-state index contributed by atoms with van der Waals surface area (Å²) in [5.41, 5.74) is 1.55. The van der Waals surface area contributed by atoms with E-state index in [4.69, 9.17) is 4.42 Å². The van der Waals surface area contributed by atoms with Crippen molar-refractivity contribution in [1.82, 2.24) is 10.2 Å². The molecule has 3 aromatic carbocycles. The fourth-order valence-corrected chi connectivity index (χ4v) is 2.93. The van der Waals surface area contributed by atoms with E-state index < -0.39 is 5.92 Å². The number of ketones is 2. The Morgan fingerprint density at radius 3 is 1.61 bits per heavy atom. The topological polar surface area (TPSA) is 73.1 Å². The standard InChI is InChI=1S/C23H16N2O3/c26-20(16-10-4-1-5-11-16)19(21(27)17-12-6-2-7-13-17)23-25-24-22(28-23)18-14-8-3-9-15-18/h1-15,19H. The van der Waals surface area contributed by atoms with E-state index in [1.807, 2.05) is 42.5 Å². The van der Waals surface area contributed by atoms with Crippen LogP contribution in [0.5, 0.6) is 0 Å². The van der Waals surface area contributed by atoms with Gasteiger partial charge in [-0.3, -0.25) is 9.59 Å². The lowest BCUT2D eigenvalue weighted by atomic mass is 9.90. The fraction of sp³-hybridized carbons (Fsp3) is 0.0435. The highest BCUT2D eigenvalue weighted by molar-refractivity contribution is 6.19. The second-order valence-corrected chi connectivity index (χ2v) is 6.21. The maximum Gasteiger partial charge on any atom is 0.247 e. The number of benzene rings is 3. The van der Waals surface area contributed by atoms with Gasteiger partial charge in [0, 0.05) is 16.7 Å². The van der Waals surface area contributed by atoms with Gasteiger partial charge in [0.2, 0.25) is 11.8 Å². The van der Waals surface area contributed by atoms with E-state index in [9.17, 15) is 9.59 Å². The smallest absolute Gasteiger partial charge is 0.247 e. The van der Waals surface area contributed by atoms with E-state index >= 15 is 0 Å². The molecule has 4 rings (SSSR count). The molecule has 0 unspecified atom stereocenters. The summed E-state index contributed by atoms with van der Waals surface area (Å²) in [5, 5.41) is 8.07. The van der Waals surface area contributed by atoms with Gasteiger partial charge in [0.15, 0.2) is 17.5 Å². The molecular formula is C23H16N2O3. The van der Waals surface area contributed by atoms with E-state index in [-0.39, 0.29) is 23.3 Å². The van der Waals surface area contributed by atoms with Crippen molar-refractivity contribution < 1.29 is 14.0 Å². The molecule has 0 aliphatic heterocycles. The van der Waals surface area contributed by atoms with Crippen molar-refractivity contribution in [2.45, 2.75) is 5.92 Å².